The Bertz CT molecular complexity index is 1180. The van der Waals surface area contributed by atoms with E-state index in [1.54, 1.807) is 31.4 Å². The molecule has 2 aromatic carbocycles. The molecule has 0 fully saturated rings. The number of carbonyl (C=O) groups excluding carboxylic acids is 1. The maximum absolute atomic E-state index is 12.5. The van der Waals surface area contributed by atoms with Gasteiger partial charge in [0.1, 0.15) is 11.3 Å². The molecule has 2 aromatic heterocycles. The van der Waals surface area contributed by atoms with E-state index in [9.17, 15) is 4.79 Å². The molecule has 0 unspecified atom stereocenters. The average Bonchev–Trinajstić information content (AvgIpc) is 3.01. The zero-order valence-electron chi connectivity index (χ0n) is 15.6. The number of amides is 1. The van der Waals surface area contributed by atoms with Gasteiger partial charge < -0.3 is 9.30 Å². The Kier molecular flexibility index (Phi) is 4.60. The average molecular weight is 396 g/mol. The molecule has 0 saturated carbocycles. The predicted molar refractivity (Wildman–Crippen MR) is 109 cm³/mol. The predicted octanol–water partition coefficient (Wildman–Crippen LogP) is 4.47. The number of rotatable bonds is 4. The Hall–Kier alpha value is -3.19. The van der Waals surface area contributed by atoms with Crippen LogP contribution in [0.1, 0.15) is 30.2 Å². The van der Waals surface area contributed by atoms with E-state index in [1.165, 1.54) is 0 Å². The van der Waals surface area contributed by atoms with Crippen molar-refractivity contribution in [3.05, 3.63) is 53.1 Å². The Labute approximate surface area is 166 Å². The molecular formula is C20H18ClN5O2. The number of ether oxygens (including phenoxy) is 1. The van der Waals surface area contributed by atoms with Crippen molar-refractivity contribution in [2.75, 3.05) is 12.4 Å². The van der Waals surface area contributed by atoms with E-state index < -0.39 is 0 Å². The molecule has 0 atom stereocenters. The van der Waals surface area contributed by atoms with Crippen LogP contribution in [0.3, 0.4) is 0 Å². The number of carbonyl (C=O) groups is 1. The van der Waals surface area contributed by atoms with Crippen molar-refractivity contribution >= 4 is 45.5 Å². The number of benzene rings is 2. The van der Waals surface area contributed by atoms with Crippen LogP contribution < -0.4 is 10.1 Å². The van der Waals surface area contributed by atoms with E-state index in [0.717, 1.165) is 10.9 Å². The smallest absolute Gasteiger partial charge is 0.258 e. The van der Waals surface area contributed by atoms with E-state index >= 15 is 0 Å². The van der Waals surface area contributed by atoms with Crippen LogP contribution in [0.15, 0.2) is 42.5 Å². The van der Waals surface area contributed by atoms with Crippen LogP contribution >= 0.6 is 11.6 Å². The number of hydrogen-bond donors (Lipinski definition) is 1. The van der Waals surface area contributed by atoms with Crippen molar-refractivity contribution in [2.24, 2.45) is 0 Å². The minimum Gasteiger partial charge on any atom is -0.497 e. The molecule has 4 aromatic rings. The van der Waals surface area contributed by atoms with Gasteiger partial charge in [-0.05, 0) is 56.3 Å². The molecule has 8 heteroatoms. The highest BCUT2D eigenvalue weighted by Crippen LogP contribution is 2.31. The van der Waals surface area contributed by atoms with Gasteiger partial charge in [0.15, 0.2) is 5.65 Å². The first-order valence-electron chi connectivity index (χ1n) is 8.77. The standard InChI is InChI=1S/C20H18ClN5O2/c1-11(2)26-16-9-6-13(21)10-15(16)17-18(26)22-20(25-24-17)23-19(27)12-4-7-14(28-3)8-5-12/h4-11H,1-3H3,(H,22,23,25,27). The number of fused-ring (bicyclic) bond motifs is 3. The van der Waals surface area contributed by atoms with E-state index in [2.05, 4.69) is 38.9 Å². The maximum atomic E-state index is 12.5. The van der Waals surface area contributed by atoms with Crippen LogP contribution in [0, 0.1) is 0 Å². The summed E-state index contributed by atoms with van der Waals surface area (Å²) in [7, 11) is 1.57. The van der Waals surface area contributed by atoms with Gasteiger partial charge in [0.25, 0.3) is 11.9 Å². The number of hydrogen-bond acceptors (Lipinski definition) is 5. The van der Waals surface area contributed by atoms with Gasteiger partial charge in [-0.25, -0.2) is 0 Å². The minimum absolute atomic E-state index is 0.142. The summed E-state index contributed by atoms with van der Waals surface area (Å²) in [5.41, 5.74) is 2.73. The summed E-state index contributed by atoms with van der Waals surface area (Å²) < 4.78 is 7.16. The molecule has 2 heterocycles. The van der Waals surface area contributed by atoms with Crippen LogP contribution in [-0.4, -0.2) is 32.8 Å². The van der Waals surface area contributed by atoms with Gasteiger partial charge in [-0.2, -0.15) is 4.98 Å². The van der Waals surface area contributed by atoms with Gasteiger partial charge in [0.2, 0.25) is 0 Å². The van der Waals surface area contributed by atoms with Gasteiger partial charge in [0, 0.05) is 22.0 Å². The van der Waals surface area contributed by atoms with Gasteiger partial charge in [-0.15, -0.1) is 10.2 Å². The first-order valence-corrected chi connectivity index (χ1v) is 9.15. The third-order valence-corrected chi connectivity index (χ3v) is 4.70. The molecule has 0 saturated heterocycles. The molecule has 0 spiro atoms. The van der Waals surface area contributed by atoms with Crippen molar-refractivity contribution in [3.8, 4) is 5.75 Å². The Morgan fingerprint density at radius 3 is 2.57 bits per heavy atom. The highest BCUT2D eigenvalue weighted by Gasteiger charge is 2.18. The first kappa shape index (κ1) is 18.2. The topological polar surface area (TPSA) is 81.9 Å². The van der Waals surface area contributed by atoms with Crippen LogP contribution in [0.4, 0.5) is 5.95 Å². The van der Waals surface area contributed by atoms with Gasteiger partial charge in [0.05, 0.1) is 12.6 Å². The van der Waals surface area contributed by atoms with Crippen LogP contribution in [0.2, 0.25) is 5.02 Å². The molecule has 1 amide bonds. The van der Waals surface area contributed by atoms with Crippen molar-refractivity contribution in [1.82, 2.24) is 19.7 Å². The van der Waals surface area contributed by atoms with Crippen LogP contribution in [-0.2, 0) is 0 Å². The number of anilines is 1. The zero-order chi connectivity index (χ0) is 19.8. The van der Waals surface area contributed by atoms with Crippen molar-refractivity contribution < 1.29 is 9.53 Å². The molecular weight excluding hydrogens is 378 g/mol. The third kappa shape index (κ3) is 3.14. The molecule has 142 valence electrons. The van der Waals surface area contributed by atoms with E-state index in [-0.39, 0.29) is 17.9 Å². The minimum atomic E-state index is -0.320. The number of halogens is 1. The van der Waals surface area contributed by atoms with Crippen molar-refractivity contribution in [2.45, 2.75) is 19.9 Å². The van der Waals surface area contributed by atoms with Crippen LogP contribution in [0.25, 0.3) is 22.1 Å². The Morgan fingerprint density at radius 2 is 1.89 bits per heavy atom. The van der Waals surface area contributed by atoms with Crippen molar-refractivity contribution in [3.63, 3.8) is 0 Å². The fourth-order valence-electron chi connectivity index (χ4n) is 3.17. The highest BCUT2D eigenvalue weighted by atomic mass is 35.5. The maximum Gasteiger partial charge on any atom is 0.258 e. The second-order valence-electron chi connectivity index (χ2n) is 6.62. The quantitative estimate of drug-likeness (QED) is 0.551. The monoisotopic (exact) mass is 395 g/mol. The third-order valence-electron chi connectivity index (χ3n) is 4.46. The molecule has 1 N–H and O–H groups in total. The fourth-order valence-corrected chi connectivity index (χ4v) is 3.35. The number of methoxy groups -OCH3 is 1. The van der Waals surface area contributed by atoms with E-state index in [1.807, 2.05) is 18.2 Å². The zero-order valence-corrected chi connectivity index (χ0v) is 16.4. The second kappa shape index (κ2) is 7.09. The SMILES string of the molecule is COc1ccc(C(=O)Nc2nnc3c4cc(Cl)ccc4n(C(C)C)c3n2)cc1. The van der Waals surface area contributed by atoms with Crippen molar-refractivity contribution in [1.29, 1.82) is 0 Å². The summed E-state index contributed by atoms with van der Waals surface area (Å²) in [5.74, 6) is 0.499. The molecule has 0 aliphatic heterocycles. The lowest BCUT2D eigenvalue weighted by atomic mass is 10.2. The molecule has 0 aliphatic carbocycles. The Balaban J connectivity index is 1.75. The normalized spacial score (nSPS) is 11.3. The molecule has 7 nitrogen and oxygen atoms in total. The molecule has 0 aliphatic rings. The van der Waals surface area contributed by atoms with Gasteiger partial charge in [-0.3, -0.25) is 10.1 Å². The molecule has 4 rings (SSSR count). The summed E-state index contributed by atoms with van der Waals surface area (Å²) >= 11 is 6.15. The number of nitrogens with one attached hydrogen (secondary N) is 1. The summed E-state index contributed by atoms with van der Waals surface area (Å²) in [6.07, 6.45) is 0. The highest BCUT2D eigenvalue weighted by molar-refractivity contribution is 6.31. The lowest BCUT2D eigenvalue weighted by Crippen LogP contribution is -2.15. The summed E-state index contributed by atoms with van der Waals surface area (Å²) in [6.45, 7) is 4.12. The largest absolute Gasteiger partial charge is 0.497 e. The molecule has 0 bridgehead atoms. The van der Waals surface area contributed by atoms with Gasteiger partial charge in [-0.1, -0.05) is 11.6 Å². The summed E-state index contributed by atoms with van der Waals surface area (Å²) in [6, 6.07) is 12.6. The van der Waals surface area contributed by atoms with E-state index in [4.69, 9.17) is 16.3 Å². The van der Waals surface area contributed by atoms with Crippen LogP contribution in [0.5, 0.6) is 5.75 Å². The molecule has 28 heavy (non-hydrogen) atoms. The second-order valence-corrected chi connectivity index (χ2v) is 7.05. The fraction of sp³-hybridized carbons (Fsp3) is 0.200. The first-order chi connectivity index (χ1) is 13.5. The Morgan fingerprint density at radius 1 is 1.14 bits per heavy atom. The van der Waals surface area contributed by atoms with Gasteiger partial charge >= 0.3 is 0 Å². The summed E-state index contributed by atoms with van der Waals surface area (Å²) in [4.78, 5) is 17.1. The lowest BCUT2D eigenvalue weighted by molar-refractivity contribution is 0.102. The van der Waals surface area contributed by atoms with E-state index in [0.29, 0.717) is 27.5 Å². The summed E-state index contributed by atoms with van der Waals surface area (Å²) in [5, 5.41) is 12.6. The molecule has 0 radical (unpaired) electrons. The number of nitrogens with zero attached hydrogens (tertiary/aromatic N) is 4. The lowest BCUT2D eigenvalue weighted by Gasteiger charge is -2.11. The number of aromatic nitrogens is 4.